The Kier molecular flexibility index (Phi) is 4.41. The minimum Gasteiger partial charge on any atom is -0.382 e. The van der Waals surface area contributed by atoms with Crippen LogP contribution in [0.15, 0.2) is 29.4 Å². The average Bonchev–Trinajstić information content (AvgIpc) is 2.15. The van der Waals surface area contributed by atoms with Gasteiger partial charge in [0.05, 0.1) is 5.56 Å². The third-order valence-corrected chi connectivity index (χ3v) is 1.62. The molecule has 0 radical (unpaired) electrons. The van der Waals surface area contributed by atoms with E-state index in [4.69, 9.17) is 11.6 Å². The van der Waals surface area contributed by atoms with Crippen LogP contribution in [0.4, 0.5) is 13.2 Å². The fourth-order valence-corrected chi connectivity index (χ4v) is 0.929. The largest absolute Gasteiger partial charge is 0.416 e. The number of rotatable bonds is 1. The summed E-state index contributed by atoms with van der Waals surface area (Å²) >= 11 is 0. The van der Waals surface area contributed by atoms with Gasteiger partial charge in [-0.15, -0.1) is 12.4 Å². The van der Waals surface area contributed by atoms with Crippen molar-refractivity contribution >= 4 is 18.2 Å². The van der Waals surface area contributed by atoms with Gasteiger partial charge in [0.25, 0.3) is 0 Å². The van der Waals surface area contributed by atoms with Crippen LogP contribution in [-0.4, -0.2) is 5.84 Å². The van der Waals surface area contributed by atoms with E-state index >= 15 is 0 Å². The molecular weight excluding hydrogens is 231 g/mol. The van der Waals surface area contributed by atoms with Crippen molar-refractivity contribution in [2.24, 2.45) is 16.7 Å². The number of alkyl halides is 3. The maximum absolute atomic E-state index is 12.2. The second-order valence-corrected chi connectivity index (χ2v) is 2.59. The summed E-state index contributed by atoms with van der Waals surface area (Å²) in [5.41, 5.74) is 4.64. The smallest absolute Gasteiger partial charge is 0.382 e. The third kappa shape index (κ3) is 3.32. The topological polar surface area (TPSA) is 64.4 Å². The fraction of sp³-hybridized carbons (Fsp3) is 0.125. The van der Waals surface area contributed by atoms with Gasteiger partial charge in [0.2, 0.25) is 0 Å². The van der Waals surface area contributed by atoms with E-state index in [0.717, 1.165) is 12.1 Å². The van der Waals surface area contributed by atoms with E-state index in [0.29, 0.717) is 0 Å². The number of hydrazone groups is 1. The molecule has 0 unspecified atom stereocenters. The zero-order valence-electron chi connectivity index (χ0n) is 7.45. The van der Waals surface area contributed by atoms with Gasteiger partial charge in [0.1, 0.15) is 5.84 Å². The van der Waals surface area contributed by atoms with Crippen molar-refractivity contribution in [1.29, 1.82) is 0 Å². The average molecular weight is 240 g/mol. The van der Waals surface area contributed by atoms with Gasteiger partial charge in [-0.25, -0.2) is 0 Å². The predicted molar refractivity (Wildman–Crippen MR) is 53.6 cm³/mol. The first kappa shape index (κ1) is 13.6. The molecule has 0 heterocycles. The molecule has 0 bridgehead atoms. The third-order valence-electron chi connectivity index (χ3n) is 1.62. The van der Waals surface area contributed by atoms with Gasteiger partial charge in [0, 0.05) is 5.56 Å². The molecule has 0 aliphatic rings. The first-order chi connectivity index (χ1) is 6.45. The Bertz CT molecular complexity index is 362. The summed E-state index contributed by atoms with van der Waals surface area (Å²) in [7, 11) is 0. The Hall–Kier alpha value is -1.43. The summed E-state index contributed by atoms with van der Waals surface area (Å²) in [5, 5.41) is 3.11. The van der Waals surface area contributed by atoms with E-state index in [9.17, 15) is 13.2 Å². The van der Waals surface area contributed by atoms with Crippen molar-refractivity contribution in [3.63, 3.8) is 0 Å². The van der Waals surface area contributed by atoms with Crippen LogP contribution in [0.2, 0.25) is 0 Å². The zero-order valence-corrected chi connectivity index (χ0v) is 8.27. The number of benzene rings is 1. The van der Waals surface area contributed by atoms with Crippen LogP contribution in [0.1, 0.15) is 11.1 Å². The van der Waals surface area contributed by atoms with Crippen LogP contribution in [0.5, 0.6) is 0 Å². The lowest BCUT2D eigenvalue weighted by Crippen LogP contribution is -2.16. The van der Waals surface area contributed by atoms with E-state index in [1.165, 1.54) is 12.1 Å². The van der Waals surface area contributed by atoms with Gasteiger partial charge >= 0.3 is 6.18 Å². The molecule has 1 aromatic carbocycles. The summed E-state index contributed by atoms with van der Waals surface area (Å²) in [6, 6.07) is 4.50. The fourth-order valence-electron chi connectivity index (χ4n) is 0.929. The molecule has 0 fully saturated rings. The molecule has 7 heteroatoms. The van der Waals surface area contributed by atoms with E-state index in [2.05, 4.69) is 5.10 Å². The van der Waals surface area contributed by atoms with Gasteiger partial charge < -0.3 is 11.6 Å². The van der Waals surface area contributed by atoms with Crippen LogP contribution in [0.3, 0.4) is 0 Å². The number of nitrogens with zero attached hydrogens (tertiary/aromatic N) is 1. The quantitative estimate of drug-likeness (QED) is 0.339. The Labute approximate surface area is 90.4 Å². The van der Waals surface area contributed by atoms with E-state index in [1.807, 2.05) is 0 Å². The van der Waals surface area contributed by atoms with Gasteiger partial charge in [0.15, 0.2) is 0 Å². The molecule has 0 spiro atoms. The summed E-state index contributed by atoms with van der Waals surface area (Å²) in [6.07, 6.45) is -4.38. The van der Waals surface area contributed by atoms with Crippen molar-refractivity contribution in [1.82, 2.24) is 0 Å². The van der Waals surface area contributed by atoms with Crippen LogP contribution in [0, 0.1) is 0 Å². The lowest BCUT2D eigenvalue weighted by Gasteiger charge is -2.07. The van der Waals surface area contributed by atoms with Crippen molar-refractivity contribution in [2.75, 3.05) is 0 Å². The Morgan fingerprint density at radius 3 is 2.33 bits per heavy atom. The number of hydrogen-bond donors (Lipinski definition) is 2. The van der Waals surface area contributed by atoms with Crippen molar-refractivity contribution < 1.29 is 13.2 Å². The molecule has 0 aromatic heterocycles. The summed E-state index contributed by atoms with van der Waals surface area (Å²) < 4.78 is 36.7. The first-order valence-electron chi connectivity index (χ1n) is 3.66. The standard InChI is InChI=1S/C8H8F3N3.ClH/c9-8(10,11)6-3-1-2-5(4-6)7(12)14-13;/h1-4H,13H2,(H2,12,14);1H. The van der Waals surface area contributed by atoms with Gasteiger partial charge in [-0.05, 0) is 12.1 Å². The van der Waals surface area contributed by atoms with Crippen LogP contribution >= 0.6 is 12.4 Å². The second-order valence-electron chi connectivity index (χ2n) is 2.59. The van der Waals surface area contributed by atoms with Crippen molar-refractivity contribution in [2.45, 2.75) is 6.18 Å². The highest BCUT2D eigenvalue weighted by atomic mass is 35.5. The SMILES string of the molecule is Cl.NN=C(N)c1cccc(C(F)(F)F)c1. The summed E-state index contributed by atoms with van der Waals surface area (Å²) in [4.78, 5) is 0. The molecule has 0 saturated heterocycles. The normalized spacial score (nSPS) is 12.1. The molecule has 0 amide bonds. The number of halogens is 4. The monoisotopic (exact) mass is 239 g/mol. The van der Waals surface area contributed by atoms with E-state index in [-0.39, 0.29) is 23.8 Å². The van der Waals surface area contributed by atoms with Gasteiger partial charge in [-0.2, -0.15) is 18.3 Å². The molecule has 4 N–H and O–H groups in total. The first-order valence-corrected chi connectivity index (χ1v) is 3.66. The molecule has 0 aliphatic heterocycles. The lowest BCUT2D eigenvalue weighted by atomic mass is 10.1. The maximum Gasteiger partial charge on any atom is 0.416 e. The highest BCUT2D eigenvalue weighted by Gasteiger charge is 2.30. The summed E-state index contributed by atoms with van der Waals surface area (Å²) in [5.74, 6) is 4.72. The molecule has 3 nitrogen and oxygen atoms in total. The lowest BCUT2D eigenvalue weighted by molar-refractivity contribution is -0.137. The Morgan fingerprint density at radius 2 is 1.87 bits per heavy atom. The highest BCUT2D eigenvalue weighted by Crippen LogP contribution is 2.29. The Morgan fingerprint density at radius 1 is 1.27 bits per heavy atom. The molecule has 15 heavy (non-hydrogen) atoms. The van der Waals surface area contributed by atoms with Crippen molar-refractivity contribution in [3.8, 4) is 0 Å². The molecule has 1 aromatic rings. The molecule has 0 atom stereocenters. The number of amidine groups is 1. The van der Waals surface area contributed by atoms with Crippen LogP contribution in [0.25, 0.3) is 0 Å². The highest BCUT2D eigenvalue weighted by molar-refractivity contribution is 5.97. The van der Waals surface area contributed by atoms with Crippen LogP contribution < -0.4 is 11.6 Å². The summed E-state index contributed by atoms with van der Waals surface area (Å²) in [6.45, 7) is 0. The Balaban J connectivity index is 0.00000196. The van der Waals surface area contributed by atoms with E-state index < -0.39 is 11.7 Å². The van der Waals surface area contributed by atoms with Gasteiger partial charge in [-0.3, -0.25) is 0 Å². The molecule has 0 aliphatic carbocycles. The number of nitrogens with two attached hydrogens (primary N) is 2. The van der Waals surface area contributed by atoms with E-state index in [1.54, 1.807) is 0 Å². The minimum atomic E-state index is -4.38. The number of hydrogen-bond acceptors (Lipinski definition) is 2. The maximum atomic E-state index is 12.2. The molecule has 84 valence electrons. The predicted octanol–water partition coefficient (Wildman–Crippen LogP) is 1.71. The molecule has 0 saturated carbocycles. The molecule has 1 rings (SSSR count). The molecular formula is C8H9ClF3N3. The van der Waals surface area contributed by atoms with Crippen molar-refractivity contribution in [3.05, 3.63) is 35.4 Å². The van der Waals surface area contributed by atoms with Gasteiger partial charge in [-0.1, -0.05) is 12.1 Å². The second kappa shape index (κ2) is 4.88. The van der Waals surface area contributed by atoms with Crippen LogP contribution in [-0.2, 0) is 6.18 Å². The minimum absolute atomic E-state index is 0. The zero-order chi connectivity index (χ0) is 10.8.